The number of rotatable bonds is 4. The first-order chi connectivity index (χ1) is 9.62. The molecule has 0 aliphatic rings. The Morgan fingerprint density at radius 1 is 1.35 bits per heavy atom. The Kier molecular flexibility index (Phi) is 3.85. The predicted molar refractivity (Wildman–Crippen MR) is 78.7 cm³/mol. The molecule has 0 unspecified atom stereocenters. The molecule has 0 saturated heterocycles. The van der Waals surface area contributed by atoms with E-state index in [1.54, 1.807) is 18.8 Å². The molecule has 2 N–H and O–H groups in total. The average Bonchev–Trinajstić information content (AvgIpc) is 2.75. The molecule has 1 heterocycles. The third kappa shape index (κ3) is 2.28. The van der Waals surface area contributed by atoms with Crippen molar-refractivity contribution in [1.82, 2.24) is 9.55 Å². The summed E-state index contributed by atoms with van der Waals surface area (Å²) in [6.07, 6.45) is 5.35. The maximum absolute atomic E-state index is 6.15. The highest BCUT2D eigenvalue weighted by molar-refractivity contribution is 5.77. The van der Waals surface area contributed by atoms with Crippen LogP contribution in [0.1, 0.15) is 5.82 Å². The Morgan fingerprint density at radius 2 is 2.10 bits per heavy atom. The van der Waals surface area contributed by atoms with Gasteiger partial charge in [0, 0.05) is 5.56 Å². The maximum atomic E-state index is 6.15. The number of aryl methyl sites for hydroxylation is 1. The highest BCUT2D eigenvalue weighted by Gasteiger charge is 2.17. The lowest BCUT2D eigenvalue weighted by atomic mass is 10.1. The average molecular weight is 271 g/mol. The van der Waals surface area contributed by atoms with E-state index in [1.807, 2.05) is 25.1 Å². The zero-order chi connectivity index (χ0) is 14.7. The SMILES string of the molecule is C#CCn1c(C)nc(-c2cc(OC)ccc2OC)c1N. The van der Waals surface area contributed by atoms with E-state index in [1.165, 1.54) is 0 Å². The van der Waals surface area contributed by atoms with Crippen LogP contribution in [0.2, 0.25) is 0 Å². The maximum Gasteiger partial charge on any atom is 0.132 e. The molecule has 5 nitrogen and oxygen atoms in total. The van der Waals surface area contributed by atoms with Crippen LogP contribution in [0.15, 0.2) is 18.2 Å². The molecule has 0 saturated carbocycles. The van der Waals surface area contributed by atoms with Crippen LogP contribution >= 0.6 is 0 Å². The Labute approximate surface area is 118 Å². The summed E-state index contributed by atoms with van der Waals surface area (Å²) in [7, 11) is 3.21. The van der Waals surface area contributed by atoms with E-state index < -0.39 is 0 Å². The van der Waals surface area contributed by atoms with Gasteiger partial charge in [0.25, 0.3) is 0 Å². The molecular formula is C15H17N3O2. The number of ether oxygens (including phenoxy) is 2. The number of methoxy groups -OCH3 is 2. The van der Waals surface area contributed by atoms with Crippen LogP contribution in [0.3, 0.4) is 0 Å². The Hall–Kier alpha value is -2.61. The van der Waals surface area contributed by atoms with Crippen LogP contribution in [0.5, 0.6) is 11.5 Å². The van der Waals surface area contributed by atoms with Crippen molar-refractivity contribution in [2.75, 3.05) is 20.0 Å². The van der Waals surface area contributed by atoms with E-state index in [0.717, 1.165) is 11.4 Å². The monoisotopic (exact) mass is 271 g/mol. The van der Waals surface area contributed by atoms with E-state index in [0.29, 0.717) is 29.6 Å². The van der Waals surface area contributed by atoms with Crippen molar-refractivity contribution in [3.8, 4) is 35.1 Å². The second-order valence-electron chi connectivity index (χ2n) is 4.25. The third-order valence-electron chi connectivity index (χ3n) is 3.11. The molecule has 0 amide bonds. The molecular weight excluding hydrogens is 254 g/mol. The smallest absolute Gasteiger partial charge is 0.132 e. The molecule has 0 bridgehead atoms. The highest BCUT2D eigenvalue weighted by Crippen LogP contribution is 2.36. The number of hydrogen-bond acceptors (Lipinski definition) is 4. The molecule has 0 fully saturated rings. The van der Waals surface area contributed by atoms with Crippen molar-refractivity contribution in [2.24, 2.45) is 0 Å². The number of nitrogens with two attached hydrogens (primary N) is 1. The van der Waals surface area contributed by atoms with Crippen molar-refractivity contribution in [2.45, 2.75) is 13.5 Å². The lowest BCUT2D eigenvalue weighted by Gasteiger charge is -2.09. The van der Waals surface area contributed by atoms with Gasteiger partial charge in [-0.2, -0.15) is 0 Å². The first-order valence-electron chi connectivity index (χ1n) is 6.10. The highest BCUT2D eigenvalue weighted by atomic mass is 16.5. The normalized spacial score (nSPS) is 10.1. The quantitative estimate of drug-likeness (QED) is 0.865. The van der Waals surface area contributed by atoms with Crippen molar-refractivity contribution >= 4 is 5.82 Å². The minimum atomic E-state index is 0.386. The number of hydrogen-bond donors (Lipinski definition) is 1. The largest absolute Gasteiger partial charge is 0.497 e. The minimum Gasteiger partial charge on any atom is -0.497 e. The number of benzene rings is 1. The minimum absolute atomic E-state index is 0.386. The van der Waals surface area contributed by atoms with E-state index >= 15 is 0 Å². The van der Waals surface area contributed by atoms with Gasteiger partial charge in [-0.05, 0) is 25.1 Å². The standard InChI is InChI=1S/C15H17N3O2/c1-5-8-18-10(2)17-14(15(18)16)12-9-11(19-3)6-7-13(12)20-4/h1,6-7,9H,8,16H2,2-4H3. The fourth-order valence-corrected chi connectivity index (χ4v) is 2.07. The molecule has 1 aromatic carbocycles. The Balaban J connectivity index is 2.62. The first-order valence-corrected chi connectivity index (χ1v) is 6.10. The third-order valence-corrected chi connectivity index (χ3v) is 3.11. The van der Waals surface area contributed by atoms with Crippen LogP contribution in [0.4, 0.5) is 5.82 Å². The number of nitrogen functional groups attached to an aromatic ring is 1. The Bertz CT molecular complexity index is 668. The number of anilines is 1. The second-order valence-corrected chi connectivity index (χ2v) is 4.25. The van der Waals surface area contributed by atoms with E-state index in [9.17, 15) is 0 Å². The van der Waals surface area contributed by atoms with Crippen LogP contribution < -0.4 is 15.2 Å². The molecule has 0 atom stereocenters. The van der Waals surface area contributed by atoms with Crippen LogP contribution in [0, 0.1) is 19.3 Å². The molecule has 0 radical (unpaired) electrons. The summed E-state index contributed by atoms with van der Waals surface area (Å²) in [4.78, 5) is 4.49. The van der Waals surface area contributed by atoms with Gasteiger partial charge in [-0.3, -0.25) is 0 Å². The zero-order valence-corrected chi connectivity index (χ0v) is 11.8. The number of nitrogens with zero attached hydrogens (tertiary/aromatic N) is 2. The Morgan fingerprint density at radius 3 is 2.70 bits per heavy atom. The van der Waals surface area contributed by atoms with Gasteiger partial charge in [0.2, 0.25) is 0 Å². The van der Waals surface area contributed by atoms with Crippen LogP contribution in [0.25, 0.3) is 11.3 Å². The van der Waals surface area contributed by atoms with Gasteiger partial charge in [0.1, 0.15) is 28.8 Å². The number of aromatic nitrogens is 2. The van der Waals surface area contributed by atoms with Crippen molar-refractivity contribution in [1.29, 1.82) is 0 Å². The molecule has 5 heteroatoms. The number of terminal acetylenes is 1. The van der Waals surface area contributed by atoms with Gasteiger partial charge in [-0.15, -0.1) is 6.42 Å². The predicted octanol–water partition coefficient (Wildman–Crippen LogP) is 2.09. The molecule has 20 heavy (non-hydrogen) atoms. The lowest BCUT2D eigenvalue weighted by Crippen LogP contribution is -2.03. The van der Waals surface area contributed by atoms with Gasteiger partial charge in [0.15, 0.2) is 0 Å². The topological polar surface area (TPSA) is 62.3 Å². The molecule has 2 rings (SSSR count). The molecule has 1 aromatic heterocycles. The van der Waals surface area contributed by atoms with Crippen molar-refractivity contribution in [3.05, 3.63) is 24.0 Å². The summed E-state index contributed by atoms with van der Waals surface area (Å²) in [5, 5.41) is 0. The van der Waals surface area contributed by atoms with Crippen molar-refractivity contribution in [3.63, 3.8) is 0 Å². The molecule has 104 valence electrons. The van der Waals surface area contributed by atoms with E-state index in [-0.39, 0.29) is 0 Å². The zero-order valence-electron chi connectivity index (χ0n) is 11.8. The molecule has 0 aliphatic carbocycles. The summed E-state index contributed by atoms with van der Waals surface area (Å²) in [5.41, 5.74) is 7.57. The summed E-state index contributed by atoms with van der Waals surface area (Å²) < 4.78 is 12.4. The van der Waals surface area contributed by atoms with Gasteiger partial charge in [-0.25, -0.2) is 4.98 Å². The molecule has 0 spiro atoms. The second kappa shape index (κ2) is 5.57. The van der Waals surface area contributed by atoms with Gasteiger partial charge in [-0.1, -0.05) is 5.92 Å². The van der Waals surface area contributed by atoms with E-state index in [4.69, 9.17) is 21.6 Å². The first kappa shape index (κ1) is 13.8. The summed E-state index contributed by atoms with van der Waals surface area (Å²) in [6.45, 7) is 2.25. The fourth-order valence-electron chi connectivity index (χ4n) is 2.07. The molecule has 0 aliphatic heterocycles. The summed E-state index contributed by atoms with van der Waals surface area (Å²) in [5.74, 6) is 5.25. The molecule has 2 aromatic rings. The summed E-state index contributed by atoms with van der Waals surface area (Å²) >= 11 is 0. The van der Waals surface area contributed by atoms with Crippen molar-refractivity contribution < 1.29 is 9.47 Å². The van der Waals surface area contributed by atoms with Gasteiger partial charge >= 0.3 is 0 Å². The van der Waals surface area contributed by atoms with Crippen LogP contribution in [-0.2, 0) is 6.54 Å². The fraction of sp³-hybridized carbons (Fsp3) is 0.267. The number of imidazole rings is 1. The van der Waals surface area contributed by atoms with E-state index in [2.05, 4.69) is 10.9 Å². The van der Waals surface area contributed by atoms with Gasteiger partial charge in [0.05, 0.1) is 20.8 Å². The lowest BCUT2D eigenvalue weighted by molar-refractivity contribution is 0.404. The summed E-state index contributed by atoms with van der Waals surface area (Å²) in [6, 6.07) is 5.49. The van der Waals surface area contributed by atoms with Crippen LogP contribution in [-0.4, -0.2) is 23.8 Å². The van der Waals surface area contributed by atoms with Gasteiger partial charge < -0.3 is 19.8 Å².